The van der Waals surface area contributed by atoms with Crippen LogP contribution in [0.2, 0.25) is 0 Å². The van der Waals surface area contributed by atoms with Gasteiger partial charge >= 0.3 is 5.97 Å². The first-order chi connectivity index (χ1) is 10.1. The highest BCUT2D eigenvalue weighted by molar-refractivity contribution is 6.38. The SMILES string of the molecule is C#CCCCC(=O)NC1BCc2c(cccc2C(=O)O)C1. The maximum atomic E-state index is 11.8. The van der Waals surface area contributed by atoms with E-state index >= 15 is 0 Å². The zero-order valence-corrected chi connectivity index (χ0v) is 11.9. The van der Waals surface area contributed by atoms with Crippen LogP contribution < -0.4 is 5.32 Å². The van der Waals surface area contributed by atoms with E-state index in [0.717, 1.165) is 18.4 Å². The van der Waals surface area contributed by atoms with Crippen molar-refractivity contribution in [2.75, 3.05) is 0 Å². The fourth-order valence-corrected chi connectivity index (χ4v) is 2.78. The third kappa shape index (κ3) is 3.88. The Labute approximate surface area is 125 Å². The van der Waals surface area contributed by atoms with E-state index in [0.29, 0.717) is 37.6 Å². The molecule has 0 saturated heterocycles. The molecule has 1 heterocycles. The minimum Gasteiger partial charge on any atom is -0.478 e. The molecule has 0 bridgehead atoms. The molecule has 1 unspecified atom stereocenters. The number of unbranched alkanes of at least 4 members (excludes halogenated alkanes) is 1. The van der Waals surface area contributed by atoms with Gasteiger partial charge in [0, 0.05) is 18.8 Å². The van der Waals surface area contributed by atoms with Gasteiger partial charge in [0.2, 0.25) is 5.91 Å². The number of carboxylic acids is 1. The molecule has 1 aliphatic heterocycles. The molecule has 1 aromatic rings. The Bertz CT molecular complexity index is 592. The van der Waals surface area contributed by atoms with Crippen molar-refractivity contribution in [2.45, 2.75) is 37.9 Å². The van der Waals surface area contributed by atoms with Crippen LogP contribution in [0, 0.1) is 12.3 Å². The normalized spacial score (nSPS) is 16.2. The van der Waals surface area contributed by atoms with Gasteiger partial charge in [-0.2, -0.15) is 0 Å². The number of fused-ring (bicyclic) bond motifs is 1. The average Bonchev–Trinajstić information content (AvgIpc) is 2.46. The van der Waals surface area contributed by atoms with Gasteiger partial charge in [-0.25, -0.2) is 4.79 Å². The molecule has 2 rings (SSSR count). The Kier molecular flexibility index (Phi) is 5.05. The van der Waals surface area contributed by atoms with Crippen LogP contribution in [0.5, 0.6) is 0 Å². The van der Waals surface area contributed by atoms with Gasteiger partial charge in [0.05, 0.1) is 5.56 Å². The fraction of sp³-hybridized carbons (Fsp3) is 0.375. The maximum Gasteiger partial charge on any atom is 0.335 e. The van der Waals surface area contributed by atoms with Crippen LogP contribution in [0.4, 0.5) is 0 Å². The molecule has 108 valence electrons. The van der Waals surface area contributed by atoms with Crippen molar-refractivity contribution in [2.24, 2.45) is 0 Å². The number of carbonyl (C=O) groups excluding carboxylic acids is 1. The van der Waals surface area contributed by atoms with Gasteiger partial charge in [0.15, 0.2) is 7.28 Å². The van der Waals surface area contributed by atoms with Gasteiger partial charge in [-0.1, -0.05) is 12.1 Å². The minimum atomic E-state index is -0.886. The molecule has 2 N–H and O–H groups in total. The Morgan fingerprint density at radius 3 is 3.00 bits per heavy atom. The van der Waals surface area contributed by atoms with Crippen molar-refractivity contribution in [3.8, 4) is 12.3 Å². The van der Waals surface area contributed by atoms with E-state index in [1.165, 1.54) is 0 Å². The van der Waals surface area contributed by atoms with Crippen molar-refractivity contribution < 1.29 is 14.7 Å². The summed E-state index contributed by atoms with van der Waals surface area (Å²) in [4.78, 5) is 23.0. The Hall–Kier alpha value is -2.22. The number of amides is 1. The molecule has 1 aliphatic rings. The number of hydrogen-bond acceptors (Lipinski definition) is 2. The van der Waals surface area contributed by atoms with Gasteiger partial charge in [0.1, 0.15) is 0 Å². The molecule has 0 aromatic heterocycles. The van der Waals surface area contributed by atoms with Crippen LogP contribution in [0.15, 0.2) is 18.2 Å². The van der Waals surface area contributed by atoms with E-state index in [4.69, 9.17) is 6.42 Å². The van der Waals surface area contributed by atoms with Gasteiger partial charge in [0.25, 0.3) is 0 Å². The second kappa shape index (κ2) is 6.98. The Balaban J connectivity index is 1.97. The number of carbonyl (C=O) groups is 2. The van der Waals surface area contributed by atoms with Gasteiger partial charge < -0.3 is 10.4 Å². The zero-order valence-electron chi connectivity index (χ0n) is 11.9. The summed E-state index contributed by atoms with van der Waals surface area (Å²) in [5.74, 6) is 1.74. The number of rotatable bonds is 5. The Morgan fingerprint density at radius 2 is 2.29 bits per heavy atom. The maximum absolute atomic E-state index is 11.8. The summed E-state index contributed by atoms with van der Waals surface area (Å²) in [7, 11) is 0.776. The lowest BCUT2D eigenvalue weighted by atomic mass is 9.57. The quantitative estimate of drug-likeness (QED) is 0.483. The first kappa shape index (κ1) is 15.2. The molecule has 0 spiro atoms. The molecule has 1 atom stereocenters. The van der Waals surface area contributed by atoms with E-state index < -0.39 is 5.97 Å². The van der Waals surface area contributed by atoms with E-state index in [2.05, 4.69) is 11.2 Å². The summed E-state index contributed by atoms with van der Waals surface area (Å²) in [5.41, 5.74) is 2.31. The van der Waals surface area contributed by atoms with Crippen molar-refractivity contribution in [1.29, 1.82) is 0 Å². The largest absolute Gasteiger partial charge is 0.478 e. The number of aromatic carboxylic acids is 1. The third-order valence-electron chi connectivity index (χ3n) is 3.80. The van der Waals surface area contributed by atoms with Gasteiger partial charge in [-0.05, 0) is 36.4 Å². The van der Waals surface area contributed by atoms with E-state index in [1.54, 1.807) is 12.1 Å². The van der Waals surface area contributed by atoms with E-state index in [1.807, 2.05) is 6.07 Å². The highest BCUT2D eigenvalue weighted by atomic mass is 16.4. The standard InChI is InChI=1S/C16H18BNO3/c1-2-3-4-8-15(19)18-14-9-11-6-5-7-12(16(20)21)13(11)10-17-14/h1,5-7,14,17H,3-4,8-10H2,(H,18,19)(H,20,21). The smallest absolute Gasteiger partial charge is 0.335 e. The molecule has 0 aliphatic carbocycles. The van der Waals surface area contributed by atoms with Crippen LogP contribution in [0.1, 0.15) is 40.7 Å². The van der Waals surface area contributed by atoms with Crippen LogP contribution in [-0.4, -0.2) is 30.2 Å². The van der Waals surface area contributed by atoms with Crippen molar-refractivity contribution in [3.63, 3.8) is 0 Å². The van der Waals surface area contributed by atoms with Gasteiger partial charge in [-0.3, -0.25) is 4.79 Å². The monoisotopic (exact) mass is 283 g/mol. The molecule has 0 fully saturated rings. The van der Waals surface area contributed by atoms with Crippen molar-refractivity contribution in [1.82, 2.24) is 5.32 Å². The first-order valence-electron chi connectivity index (χ1n) is 7.18. The fourth-order valence-electron chi connectivity index (χ4n) is 2.78. The number of terminal acetylenes is 1. The summed E-state index contributed by atoms with van der Waals surface area (Å²) >= 11 is 0. The van der Waals surface area contributed by atoms with Crippen LogP contribution in [0.3, 0.4) is 0 Å². The lowest BCUT2D eigenvalue weighted by molar-refractivity contribution is -0.121. The second-order valence-corrected chi connectivity index (χ2v) is 5.31. The molecule has 1 amide bonds. The molecule has 0 saturated carbocycles. The summed E-state index contributed by atoms with van der Waals surface area (Å²) in [6, 6.07) is 5.34. The van der Waals surface area contributed by atoms with Crippen molar-refractivity contribution >= 4 is 19.2 Å². The van der Waals surface area contributed by atoms with Crippen LogP contribution >= 0.6 is 0 Å². The molecule has 0 radical (unpaired) electrons. The molecule has 5 heteroatoms. The lowest BCUT2D eigenvalue weighted by Gasteiger charge is -2.25. The third-order valence-corrected chi connectivity index (χ3v) is 3.80. The highest BCUT2D eigenvalue weighted by Gasteiger charge is 2.24. The number of nitrogens with one attached hydrogen (secondary N) is 1. The topological polar surface area (TPSA) is 66.4 Å². The minimum absolute atomic E-state index is 0.0214. The number of carboxylic acid groups (broad SMARTS) is 1. The lowest BCUT2D eigenvalue weighted by Crippen LogP contribution is -2.44. The highest BCUT2D eigenvalue weighted by Crippen LogP contribution is 2.21. The molecule has 4 nitrogen and oxygen atoms in total. The predicted molar refractivity (Wildman–Crippen MR) is 82.6 cm³/mol. The predicted octanol–water partition coefficient (Wildman–Crippen LogP) is 1.12. The van der Waals surface area contributed by atoms with Crippen LogP contribution in [0.25, 0.3) is 0 Å². The zero-order chi connectivity index (χ0) is 15.2. The molecular formula is C16H18BNO3. The molecular weight excluding hydrogens is 265 g/mol. The Morgan fingerprint density at radius 1 is 1.48 bits per heavy atom. The molecule has 21 heavy (non-hydrogen) atoms. The summed E-state index contributed by atoms with van der Waals surface area (Å²) in [6.45, 7) is 0. The second-order valence-electron chi connectivity index (χ2n) is 5.31. The van der Waals surface area contributed by atoms with Crippen molar-refractivity contribution in [3.05, 3.63) is 34.9 Å². The van der Waals surface area contributed by atoms with E-state index in [9.17, 15) is 14.7 Å². The summed E-state index contributed by atoms with van der Waals surface area (Å²) < 4.78 is 0. The number of benzene rings is 1. The van der Waals surface area contributed by atoms with E-state index in [-0.39, 0.29) is 11.8 Å². The summed E-state index contributed by atoms with van der Waals surface area (Å²) in [5, 5.41) is 12.2. The average molecular weight is 283 g/mol. The molecule has 1 aromatic carbocycles. The summed E-state index contributed by atoms with van der Waals surface area (Å²) in [6.07, 6.45) is 8.30. The van der Waals surface area contributed by atoms with Crippen LogP contribution in [-0.2, 0) is 17.5 Å². The van der Waals surface area contributed by atoms with Gasteiger partial charge in [-0.15, -0.1) is 12.3 Å². The first-order valence-corrected chi connectivity index (χ1v) is 7.18. The number of hydrogen-bond donors (Lipinski definition) is 2.